The van der Waals surface area contributed by atoms with Crippen molar-refractivity contribution in [2.24, 2.45) is 0 Å². The maximum absolute atomic E-state index is 10.9. The van der Waals surface area contributed by atoms with Crippen molar-refractivity contribution in [2.45, 2.75) is 58.4 Å². The number of sulfone groups is 1. The van der Waals surface area contributed by atoms with Gasteiger partial charge in [-0.15, -0.1) is 0 Å². The molecular formula is C16H52O6P2S. The normalized spacial score (nSPS) is 8.96. The topological polar surface area (TPSA) is 86.7 Å². The first kappa shape index (κ1) is 56.2. The van der Waals surface area contributed by atoms with Crippen LogP contribution in [0.1, 0.15) is 58.4 Å². The minimum absolute atomic E-state index is 0. The van der Waals surface area contributed by atoms with Gasteiger partial charge >= 0.3 is 7.60 Å². The van der Waals surface area contributed by atoms with Gasteiger partial charge in [0.05, 0.1) is 7.14 Å². The largest absolute Gasteiger partial charge is 0.329 e. The van der Waals surface area contributed by atoms with Crippen molar-refractivity contribution < 1.29 is 26.6 Å². The summed E-state index contributed by atoms with van der Waals surface area (Å²) in [7, 11) is -4.21. The second-order valence-electron chi connectivity index (χ2n) is 4.33. The van der Waals surface area contributed by atoms with Crippen molar-refractivity contribution in [1.29, 1.82) is 0 Å². The Morgan fingerprint density at radius 2 is 0.880 bits per heavy atom. The average molecular weight is 435 g/mol. The molecular weight excluding hydrogens is 382 g/mol. The van der Waals surface area contributed by atoms with Gasteiger partial charge in [0.25, 0.3) is 0 Å². The molecule has 0 atom stereocenters. The van der Waals surface area contributed by atoms with Crippen LogP contribution >= 0.6 is 14.7 Å². The van der Waals surface area contributed by atoms with Crippen molar-refractivity contribution in [1.82, 2.24) is 0 Å². The van der Waals surface area contributed by atoms with Crippen molar-refractivity contribution in [3.63, 3.8) is 0 Å². The fraction of sp³-hybridized carbons (Fsp3) is 1.00. The van der Waals surface area contributed by atoms with Crippen LogP contribution in [0.15, 0.2) is 0 Å². The molecule has 0 saturated heterocycles. The molecule has 0 fully saturated rings. The molecule has 25 heavy (non-hydrogen) atoms. The van der Waals surface area contributed by atoms with E-state index in [0.717, 1.165) is 18.7 Å². The second-order valence-corrected chi connectivity index (χ2v) is 13.0. The van der Waals surface area contributed by atoms with Crippen LogP contribution in [0.4, 0.5) is 0 Å². The summed E-state index contributed by atoms with van der Waals surface area (Å²) < 4.78 is 49.9. The molecule has 0 unspecified atom stereocenters. The lowest BCUT2D eigenvalue weighted by atomic mass is 11.0. The number of hydrogen-bond acceptors (Lipinski definition) is 6. The molecule has 0 rings (SSSR count). The van der Waals surface area contributed by atoms with E-state index < -0.39 is 24.6 Å². The van der Waals surface area contributed by atoms with Gasteiger partial charge in [-0.1, -0.05) is 58.4 Å². The predicted octanol–water partition coefficient (Wildman–Crippen LogP) is 6.60. The van der Waals surface area contributed by atoms with Crippen LogP contribution in [-0.4, -0.2) is 60.8 Å². The van der Waals surface area contributed by atoms with Crippen molar-refractivity contribution >= 4 is 24.6 Å². The molecule has 0 radical (unpaired) electrons. The van der Waals surface area contributed by atoms with Crippen LogP contribution in [0, 0.1) is 0 Å². The monoisotopic (exact) mass is 434 g/mol. The lowest BCUT2D eigenvalue weighted by molar-refractivity contribution is 0.277. The van der Waals surface area contributed by atoms with Crippen LogP contribution in [0.2, 0.25) is 0 Å². The lowest BCUT2D eigenvalue weighted by Gasteiger charge is -2.08. The third-order valence-corrected chi connectivity index (χ3v) is 5.12. The molecule has 6 nitrogen and oxygen atoms in total. The van der Waals surface area contributed by atoms with Gasteiger partial charge in [-0.2, -0.15) is 0 Å². The molecule has 0 aromatic rings. The molecule has 0 saturated carbocycles. The summed E-state index contributed by atoms with van der Waals surface area (Å²) in [5.41, 5.74) is 0. The Hall–Kier alpha value is 0.330. The van der Waals surface area contributed by atoms with E-state index in [1.54, 1.807) is 20.3 Å². The fourth-order valence-corrected chi connectivity index (χ4v) is 0.998. The Morgan fingerprint density at radius 1 is 0.720 bits per heavy atom. The average Bonchev–Trinajstić information content (AvgIpc) is 2.26. The second kappa shape index (κ2) is 26.6. The van der Waals surface area contributed by atoms with E-state index in [4.69, 9.17) is 0 Å². The van der Waals surface area contributed by atoms with Gasteiger partial charge < -0.3 is 13.6 Å². The Kier molecular flexibility index (Phi) is 59.7. The smallest absolute Gasteiger partial charge is 0.324 e. The maximum Gasteiger partial charge on any atom is 0.329 e. The van der Waals surface area contributed by atoms with Crippen LogP contribution in [0.5, 0.6) is 0 Å². The third-order valence-electron chi connectivity index (χ3n) is 1.71. The van der Waals surface area contributed by atoms with Crippen molar-refractivity contribution in [3.05, 3.63) is 0 Å². The molecule has 0 amide bonds. The molecule has 168 valence electrons. The minimum Gasteiger partial charge on any atom is -0.324 e. The van der Waals surface area contributed by atoms with Gasteiger partial charge in [-0.05, 0) is 19.5 Å². The van der Waals surface area contributed by atoms with Crippen molar-refractivity contribution in [2.75, 3.05) is 52.4 Å². The first-order valence-corrected chi connectivity index (χ1v) is 12.5. The standard InChI is InChI=1S/C4H11O3P.C4H11OP.C2H6O2S.6CH4/c1-4-8(5,6-2)7-3;1-4-6(2,3)5;1-5(2,3)4;;;;;;/h4H2,1-3H3;4H2,1-3H3;1-2H3;6*1H4. The van der Waals surface area contributed by atoms with E-state index in [9.17, 15) is 17.5 Å². The lowest BCUT2D eigenvalue weighted by Crippen LogP contribution is -1.89. The van der Waals surface area contributed by atoms with E-state index >= 15 is 0 Å². The fourth-order valence-electron chi connectivity index (χ4n) is 0.333. The van der Waals surface area contributed by atoms with Gasteiger partial charge in [0.2, 0.25) is 0 Å². The van der Waals surface area contributed by atoms with E-state index in [1.807, 2.05) is 6.92 Å². The Balaban J connectivity index is -0.0000000200. The highest BCUT2D eigenvalue weighted by Gasteiger charge is 2.15. The minimum atomic E-state index is -2.67. The van der Waals surface area contributed by atoms with Gasteiger partial charge in [0, 0.05) is 32.9 Å². The van der Waals surface area contributed by atoms with E-state index in [2.05, 4.69) is 9.05 Å². The predicted molar refractivity (Wildman–Crippen MR) is 123 cm³/mol. The van der Waals surface area contributed by atoms with Gasteiger partial charge in [0.1, 0.15) is 9.84 Å². The molecule has 0 aliphatic rings. The molecule has 0 aromatic heterocycles. The molecule has 9 heteroatoms. The van der Waals surface area contributed by atoms with E-state index in [0.29, 0.717) is 6.16 Å². The molecule has 0 N–H and O–H groups in total. The third kappa shape index (κ3) is 79.8. The zero-order chi connectivity index (χ0) is 16.3. The maximum atomic E-state index is 10.9. The van der Waals surface area contributed by atoms with Crippen LogP contribution in [0.3, 0.4) is 0 Å². The van der Waals surface area contributed by atoms with Crippen molar-refractivity contribution in [3.8, 4) is 0 Å². The summed E-state index contributed by atoms with van der Waals surface area (Å²) in [4.78, 5) is 0. The summed E-state index contributed by atoms with van der Waals surface area (Å²) in [6.45, 7) is 7.30. The summed E-state index contributed by atoms with van der Waals surface area (Å²) in [6.07, 6.45) is 3.58. The molecule has 0 aromatic carbocycles. The molecule has 0 aliphatic heterocycles. The highest BCUT2D eigenvalue weighted by atomic mass is 32.2. The highest BCUT2D eigenvalue weighted by molar-refractivity contribution is 7.89. The first-order chi connectivity index (χ1) is 8.24. The molecule has 0 aliphatic carbocycles. The quantitative estimate of drug-likeness (QED) is 0.463. The van der Waals surface area contributed by atoms with Gasteiger partial charge in [-0.3, -0.25) is 4.57 Å². The molecule has 0 bridgehead atoms. The van der Waals surface area contributed by atoms with Gasteiger partial charge in [0.15, 0.2) is 0 Å². The Bertz CT molecular complexity index is 376. The van der Waals surface area contributed by atoms with Crippen LogP contribution < -0.4 is 0 Å². The molecule has 0 heterocycles. The van der Waals surface area contributed by atoms with Crippen LogP contribution in [-0.2, 0) is 28.0 Å². The zero-order valence-corrected chi connectivity index (χ0v) is 15.8. The summed E-state index contributed by atoms with van der Waals surface area (Å²) >= 11 is 0. The van der Waals surface area contributed by atoms with E-state index in [1.165, 1.54) is 14.2 Å². The Labute approximate surface area is 162 Å². The van der Waals surface area contributed by atoms with Crippen LogP contribution in [0.25, 0.3) is 0 Å². The first-order valence-electron chi connectivity index (χ1n) is 5.64. The summed E-state index contributed by atoms with van der Waals surface area (Å²) in [6, 6.07) is 0. The number of hydrogen-bond donors (Lipinski definition) is 0. The number of rotatable bonds is 4. The van der Waals surface area contributed by atoms with E-state index in [-0.39, 0.29) is 44.6 Å². The van der Waals surface area contributed by atoms with Gasteiger partial charge in [-0.25, -0.2) is 8.42 Å². The zero-order valence-electron chi connectivity index (χ0n) is 13.2. The summed E-state index contributed by atoms with van der Waals surface area (Å²) in [5.74, 6) is 0. The Morgan fingerprint density at radius 3 is 0.880 bits per heavy atom. The SMILES string of the molecule is C.C.C.C.C.C.CCP(=O)(OC)OC.CCP(C)(C)=O.CS(C)(=O)=O. The highest BCUT2D eigenvalue weighted by Crippen LogP contribution is 2.45. The molecule has 0 spiro atoms. The summed E-state index contributed by atoms with van der Waals surface area (Å²) in [5, 5.41) is 0.